The van der Waals surface area contributed by atoms with Crippen molar-refractivity contribution in [2.45, 2.75) is 26.3 Å². The Hall–Kier alpha value is -4.73. The Morgan fingerprint density at radius 3 is 2.41 bits per heavy atom. The number of nitrogens with zero attached hydrogens (tertiary/aromatic N) is 4. The van der Waals surface area contributed by atoms with Crippen LogP contribution in [0.1, 0.15) is 16.7 Å². The summed E-state index contributed by atoms with van der Waals surface area (Å²) in [4.78, 5) is 57.9. The number of carbonyl (C=O) groups is 3. The van der Waals surface area contributed by atoms with Crippen molar-refractivity contribution in [3.05, 3.63) is 93.5 Å². The topological polar surface area (TPSA) is 116 Å². The van der Waals surface area contributed by atoms with E-state index in [9.17, 15) is 24.5 Å². The normalized spacial score (nSPS) is 22.5. The molecule has 198 valence electrons. The predicted octanol–water partition coefficient (Wildman–Crippen LogP) is 3.73. The Balaban J connectivity index is 1.52. The summed E-state index contributed by atoms with van der Waals surface area (Å²) in [6.45, 7) is 5.21. The molecule has 3 heterocycles. The number of hydrogen-bond donors (Lipinski definition) is 1. The van der Waals surface area contributed by atoms with E-state index in [2.05, 4.69) is 10.2 Å². The maximum absolute atomic E-state index is 14.6. The second kappa shape index (κ2) is 8.93. The van der Waals surface area contributed by atoms with E-state index in [1.165, 1.54) is 12.1 Å². The minimum atomic E-state index is -1.68. The SMILES string of the molecule is Cc1ccc(N2C(=O)NC(=O)[C@]3(Cc4cc([N+](=O)[O-])ccc4N4CCN(c5ccccc5)C[C@H]43)C2=O)c(C)c1. The zero-order valence-electron chi connectivity index (χ0n) is 21.6. The van der Waals surface area contributed by atoms with Crippen molar-refractivity contribution in [3.8, 4) is 0 Å². The van der Waals surface area contributed by atoms with E-state index in [1.807, 2.05) is 61.2 Å². The summed E-state index contributed by atoms with van der Waals surface area (Å²) in [5.74, 6) is -1.30. The number of barbiturate groups is 1. The number of carbonyl (C=O) groups excluding carboxylic acids is 3. The quantitative estimate of drug-likeness (QED) is 0.315. The van der Waals surface area contributed by atoms with Crippen LogP contribution in [0.15, 0.2) is 66.7 Å². The van der Waals surface area contributed by atoms with Crippen molar-refractivity contribution >= 4 is 40.6 Å². The third-order valence-electron chi connectivity index (χ3n) is 8.13. The molecule has 10 heteroatoms. The fourth-order valence-corrected chi connectivity index (χ4v) is 6.27. The number of hydrogen-bond acceptors (Lipinski definition) is 7. The molecule has 3 aromatic rings. The number of nitro benzene ring substituents is 1. The molecule has 1 N–H and O–H groups in total. The molecular formula is C29H27N5O5. The zero-order valence-corrected chi connectivity index (χ0v) is 21.6. The number of non-ortho nitro benzene ring substituents is 1. The van der Waals surface area contributed by atoms with Gasteiger partial charge in [0.25, 0.3) is 11.6 Å². The fraction of sp³-hybridized carbons (Fsp3) is 0.276. The number of imide groups is 2. The van der Waals surface area contributed by atoms with Gasteiger partial charge in [0.15, 0.2) is 5.41 Å². The van der Waals surface area contributed by atoms with E-state index in [0.717, 1.165) is 27.4 Å². The van der Waals surface area contributed by atoms with E-state index in [1.54, 1.807) is 12.1 Å². The second-order valence-corrected chi connectivity index (χ2v) is 10.4. The summed E-state index contributed by atoms with van der Waals surface area (Å²) >= 11 is 0. The number of piperazine rings is 1. The molecule has 0 radical (unpaired) electrons. The molecule has 3 aliphatic heterocycles. The lowest BCUT2D eigenvalue weighted by molar-refractivity contribution is -0.384. The van der Waals surface area contributed by atoms with E-state index < -0.39 is 34.2 Å². The lowest BCUT2D eigenvalue weighted by Gasteiger charge is -2.55. The first-order valence-electron chi connectivity index (χ1n) is 12.8. The van der Waals surface area contributed by atoms with Gasteiger partial charge in [-0.05, 0) is 49.2 Å². The lowest BCUT2D eigenvalue weighted by Crippen LogP contribution is -2.75. The zero-order chi connectivity index (χ0) is 27.5. The van der Waals surface area contributed by atoms with E-state index >= 15 is 0 Å². The number of nitrogens with one attached hydrogen (secondary N) is 1. The van der Waals surface area contributed by atoms with Crippen molar-refractivity contribution in [3.63, 3.8) is 0 Å². The van der Waals surface area contributed by atoms with Gasteiger partial charge in [-0.25, -0.2) is 9.69 Å². The molecule has 0 aliphatic carbocycles. The van der Waals surface area contributed by atoms with Gasteiger partial charge in [0.2, 0.25) is 5.91 Å². The molecule has 2 fully saturated rings. The first-order chi connectivity index (χ1) is 18.7. The van der Waals surface area contributed by atoms with Gasteiger partial charge in [-0.3, -0.25) is 25.0 Å². The van der Waals surface area contributed by atoms with Gasteiger partial charge in [-0.1, -0.05) is 35.9 Å². The highest BCUT2D eigenvalue weighted by atomic mass is 16.6. The molecule has 10 nitrogen and oxygen atoms in total. The summed E-state index contributed by atoms with van der Waals surface area (Å²) in [6, 6.07) is 18.3. The highest BCUT2D eigenvalue weighted by molar-refractivity contribution is 6.31. The minimum absolute atomic E-state index is 0.0623. The smallest absolute Gasteiger partial charge is 0.335 e. The third-order valence-corrected chi connectivity index (χ3v) is 8.13. The molecule has 1 spiro atoms. The monoisotopic (exact) mass is 525 g/mol. The number of aryl methyl sites for hydroxylation is 2. The standard InChI is InChI=1S/C29H27N5O5/c1-18-8-10-23(19(2)14-18)33-27(36)29(26(35)30-28(33)37)16-20-15-22(34(38)39)9-11-24(20)32-13-12-31(17-25(29)32)21-6-4-3-5-7-21/h3-11,14-15,25H,12-13,16-17H2,1-2H3,(H,30,35,37)/t25-,29+/m0/s1. The molecule has 3 aromatic carbocycles. The van der Waals surface area contributed by atoms with Crippen LogP contribution in [0.2, 0.25) is 0 Å². The molecule has 3 aliphatic rings. The molecule has 0 aromatic heterocycles. The van der Waals surface area contributed by atoms with Gasteiger partial charge in [0.1, 0.15) is 0 Å². The number of nitro groups is 1. The van der Waals surface area contributed by atoms with Crippen LogP contribution in [0.3, 0.4) is 0 Å². The highest BCUT2D eigenvalue weighted by Crippen LogP contribution is 2.47. The van der Waals surface area contributed by atoms with Crippen molar-refractivity contribution in [1.82, 2.24) is 5.32 Å². The first-order valence-corrected chi connectivity index (χ1v) is 12.8. The molecule has 4 amide bonds. The summed E-state index contributed by atoms with van der Waals surface area (Å²) in [6.07, 6.45) is -0.0623. The Morgan fingerprint density at radius 1 is 0.949 bits per heavy atom. The molecule has 0 saturated carbocycles. The van der Waals surface area contributed by atoms with Gasteiger partial charge in [-0.2, -0.15) is 0 Å². The Kier molecular flexibility index (Phi) is 5.64. The van der Waals surface area contributed by atoms with Crippen LogP contribution < -0.4 is 20.0 Å². The summed E-state index contributed by atoms with van der Waals surface area (Å²) < 4.78 is 0. The number of rotatable bonds is 3. The molecule has 2 saturated heterocycles. The molecule has 0 bridgehead atoms. The fourth-order valence-electron chi connectivity index (χ4n) is 6.27. The Morgan fingerprint density at radius 2 is 1.69 bits per heavy atom. The number of urea groups is 1. The molecule has 39 heavy (non-hydrogen) atoms. The predicted molar refractivity (Wildman–Crippen MR) is 146 cm³/mol. The van der Waals surface area contributed by atoms with E-state index in [0.29, 0.717) is 30.9 Å². The van der Waals surface area contributed by atoms with Crippen LogP contribution in [-0.4, -0.2) is 48.4 Å². The number of amides is 4. The first kappa shape index (κ1) is 24.6. The maximum Gasteiger partial charge on any atom is 0.335 e. The number of para-hydroxylation sites is 1. The minimum Gasteiger partial charge on any atom is -0.368 e. The van der Waals surface area contributed by atoms with Crippen LogP contribution >= 0.6 is 0 Å². The van der Waals surface area contributed by atoms with Crippen molar-refractivity contribution in [1.29, 1.82) is 0 Å². The molecule has 6 rings (SSSR count). The van der Waals surface area contributed by atoms with Gasteiger partial charge >= 0.3 is 6.03 Å². The van der Waals surface area contributed by atoms with Crippen molar-refractivity contribution < 1.29 is 19.3 Å². The van der Waals surface area contributed by atoms with Gasteiger partial charge in [-0.15, -0.1) is 0 Å². The van der Waals surface area contributed by atoms with Gasteiger partial charge in [0.05, 0.1) is 16.7 Å². The van der Waals surface area contributed by atoms with Crippen molar-refractivity contribution in [2.75, 3.05) is 34.3 Å². The average molecular weight is 526 g/mol. The summed E-state index contributed by atoms with van der Waals surface area (Å²) in [7, 11) is 0. The van der Waals surface area contributed by atoms with Gasteiger partial charge < -0.3 is 9.80 Å². The number of benzene rings is 3. The van der Waals surface area contributed by atoms with E-state index in [-0.39, 0.29) is 12.1 Å². The van der Waals surface area contributed by atoms with Crippen molar-refractivity contribution in [2.24, 2.45) is 5.41 Å². The lowest BCUT2D eigenvalue weighted by atomic mass is 9.67. The molecule has 2 atom stereocenters. The maximum atomic E-state index is 14.6. The van der Waals surface area contributed by atoms with Crippen LogP contribution in [0.4, 0.5) is 27.5 Å². The number of anilines is 3. The largest absolute Gasteiger partial charge is 0.368 e. The third kappa shape index (κ3) is 3.74. The highest BCUT2D eigenvalue weighted by Gasteiger charge is 2.63. The second-order valence-electron chi connectivity index (χ2n) is 10.4. The average Bonchev–Trinajstić information content (AvgIpc) is 2.92. The molecular weight excluding hydrogens is 498 g/mol. The summed E-state index contributed by atoms with van der Waals surface area (Å²) in [5, 5.41) is 14.1. The van der Waals surface area contributed by atoms with Crippen LogP contribution in [0.25, 0.3) is 0 Å². The van der Waals surface area contributed by atoms with Crippen LogP contribution in [0.5, 0.6) is 0 Å². The van der Waals surface area contributed by atoms with Crippen LogP contribution in [0, 0.1) is 29.4 Å². The van der Waals surface area contributed by atoms with E-state index in [4.69, 9.17) is 0 Å². The Bertz CT molecular complexity index is 1540. The Labute approximate surface area is 225 Å². The number of fused-ring (bicyclic) bond motifs is 4. The van der Waals surface area contributed by atoms with Crippen LogP contribution in [-0.2, 0) is 16.0 Å². The molecule has 0 unspecified atom stereocenters. The van der Waals surface area contributed by atoms with Gasteiger partial charge in [0, 0.05) is 49.6 Å². The summed E-state index contributed by atoms with van der Waals surface area (Å²) in [5.41, 5.74) is 2.57.